The van der Waals surface area contributed by atoms with Crippen LogP contribution in [-0.2, 0) is 0 Å². The molecule has 2 heteroatoms. The van der Waals surface area contributed by atoms with E-state index in [0.29, 0.717) is 0 Å². The summed E-state index contributed by atoms with van der Waals surface area (Å²) in [6.45, 7) is 9.00. The molecular weight excluding hydrogens is 364 g/mol. The fourth-order valence-electron chi connectivity index (χ4n) is 5.02. The number of rotatable bonds is 21. The molecule has 0 saturated carbocycles. The zero-order valence-corrected chi connectivity index (χ0v) is 21.6. The summed E-state index contributed by atoms with van der Waals surface area (Å²) in [5.41, 5.74) is 0. The molecule has 1 rings (SSSR count). The fraction of sp³-hybridized carbons (Fsp3) is 1.00. The molecule has 0 amide bonds. The second kappa shape index (κ2) is 19.6. The van der Waals surface area contributed by atoms with Gasteiger partial charge in [0.25, 0.3) is 0 Å². The zero-order chi connectivity index (χ0) is 21.8. The van der Waals surface area contributed by atoms with Crippen molar-refractivity contribution in [2.75, 3.05) is 46.8 Å². The van der Waals surface area contributed by atoms with Crippen molar-refractivity contribution >= 4 is 0 Å². The molecule has 1 aliphatic heterocycles. The lowest BCUT2D eigenvalue weighted by atomic mass is 10.0. The third kappa shape index (κ3) is 16.6. The normalized spacial score (nSPS) is 16.9. The molecule has 1 heterocycles. The number of hydrogen-bond donors (Lipinski definition) is 0. The maximum atomic E-state index is 2.48. The first kappa shape index (κ1) is 28.0. The third-order valence-electron chi connectivity index (χ3n) is 7.59. The number of nitrogens with zero attached hydrogens (tertiary/aromatic N) is 2. The minimum atomic E-state index is 1.29. The average Bonchev–Trinajstić information content (AvgIpc) is 2.75. The molecule has 180 valence electrons. The first-order valence-electron chi connectivity index (χ1n) is 14.2. The Hall–Kier alpha value is -0.0800. The number of likely N-dealkylation sites (N-methyl/N-ethyl adjacent to an activating group) is 2. The van der Waals surface area contributed by atoms with Gasteiger partial charge in [-0.15, -0.1) is 0 Å². The van der Waals surface area contributed by atoms with Crippen LogP contribution in [-0.4, -0.2) is 56.2 Å². The Morgan fingerprint density at radius 2 is 0.800 bits per heavy atom. The SMILES string of the molecule is CCCCCCCCCCCCCCCCCCCCCC[N+]1(C)CCN(C)CC1. The lowest BCUT2D eigenvalue weighted by Crippen LogP contribution is -2.56. The van der Waals surface area contributed by atoms with Gasteiger partial charge in [0.15, 0.2) is 0 Å². The molecule has 0 aromatic heterocycles. The van der Waals surface area contributed by atoms with Crippen molar-refractivity contribution in [2.45, 2.75) is 135 Å². The second-order valence-corrected chi connectivity index (χ2v) is 10.8. The van der Waals surface area contributed by atoms with Gasteiger partial charge in [0.1, 0.15) is 0 Å². The molecule has 1 aliphatic rings. The Morgan fingerprint density at radius 3 is 1.13 bits per heavy atom. The van der Waals surface area contributed by atoms with Gasteiger partial charge in [-0.1, -0.05) is 122 Å². The van der Waals surface area contributed by atoms with Crippen molar-refractivity contribution in [1.29, 1.82) is 0 Å². The van der Waals surface area contributed by atoms with Gasteiger partial charge < -0.3 is 4.48 Å². The van der Waals surface area contributed by atoms with Crippen LogP contribution in [0.4, 0.5) is 0 Å². The van der Waals surface area contributed by atoms with Gasteiger partial charge >= 0.3 is 0 Å². The van der Waals surface area contributed by atoms with E-state index in [4.69, 9.17) is 0 Å². The van der Waals surface area contributed by atoms with Gasteiger partial charge in [-0.3, -0.25) is 4.90 Å². The van der Waals surface area contributed by atoms with Crippen molar-refractivity contribution in [3.05, 3.63) is 0 Å². The van der Waals surface area contributed by atoms with Crippen LogP contribution in [0.3, 0.4) is 0 Å². The largest absolute Gasteiger partial charge is 0.324 e. The van der Waals surface area contributed by atoms with E-state index in [9.17, 15) is 0 Å². The molecule has 0 unspecified atom stereocenters. The smallest absolute Gasteiger partial charge is 0.0914 e. The number of piperazine rings is 1. The Kier molecular flexibility index (Phi) is 18.3. The molecule has 0 radical (unpaired) electrons. The third-order valence-corrected chi connectivity index (χ3v) is 7.59. The highest BCUT2D eigenvalue weighted by Gasteiger charge is 2.26. The number of hydrogen-bond acceptors (Lipinski definition) is 1. The van der Waals surface area contributed by atoms with Crippen molar-refractivity contribution in [3.63, 3.8) is 0 Å². The summed E-state index contributed by atoms with van der Waals surface area (Å²) in [5, 5.41) is 0. The highest BCUT2D eigenvalue weighted by molar-refractivity contribution is 4.58. The number of unbranched alkanes of at least 4 members (excludes halogenated alkanes) is 19. The first-order valence-corrected chi connectivity index (χ1v) is 14.2. The molecule has 30 heavy (non-hydrogen) atoms. The summed E-state index contributed by atoms with van der Waals surface area (Å²) >= 11 is 0. The van der Waals surface area contributed by atoms with Crippen LogP contribution >= 0.6 is 0 Å². The fourth-order valence-corrected chi connectivity index (χ4v) is 5.02. The maximum Gasteiger partial charge on any atom is 0.0914 e. The molecule has 0 aromatic rings. The van der Waals surface area contributed by atoms with Crippen molar-refractivity contribution in [2.24, 2.45) is 0 Å². The Balaban J connectivity index is 1.70. The van der Waals surface area contributed by atoms with Crippen molar-refractivity contribution in [1.82, 2.24) is 4.90 Å². The van der Waals surface area contributed by atoms with Crippen LogP contribution < -0.4 is 0 Å². The van der Waals surface area contributed by atoms with E-state index in [0.717, 1.165) is 0 Å². The van der Waals surface area contributed by atoms with Gasteiger partial charge in [0.05, 0.1) is 26.7 Å². The molecule has 1 saturated heterocycles. The van der Waals surface area contributed by atoms with E-state index < -0.39 is 0 Å². The van der Waals surface area contributed by atoms with Gasteiger partial charge in [-0.25, -0.2) is 0 Å². The Bertz CT molecular complexity index is 347. The highest BCUT2D eigenvalue weighted by atomic mass is 15.4. The monoisotopic (exact) mass is 423 g/mol. The molecule has 0 N–H and O–H groups in total. The lowest BCUT2D eigenvalue weighted by Gasteiger charge is -2.41. The van der Waals surface area contributed by atoms with Crippen LogP contribution in [0.1, 0.15) is 135 Å². The lowest BCUT2D eigenvalue weighted by molar-refractivity contribution is -0.913. The van der Waals surface area contributed by atoms with Crippen molar-refractivity contribution in [3.8, 4) is 0 Å². The van der Waals surface area contributed by atoms with Crippen LogP contribution in [0, 0.1) is 0 Å². The van der Waals surface area contributed by atoms with Crippen molar-refractivity contribution < 1.29 is 4.48 Å². The quantitative estimate of drug-likeness (QED) is 0.133. The minimum Gasteiger partial charge on any atom is -0.324 e. The van der Waals surface area contributed by atoms with Gasteiger partial charge in [-0.2, -0.15) is 0 Å². The van der Waals surface area contributed by atoms with Crippen LogP contribution in [0.5, 0.6) is 0 Å². The van der Waals surface area contributed by atoms with E-state index in [2.05, 4.69) is 25.9 Å². The summed E-state index contributed by atoms with van der Waals surface area (Å²) in [5.74, 6) is 0. The molecule has 0 bridgehead atoms. The van der Waals surface area contributed by atoms with E-state index in [1.54, 1.807) is 0 Å². The summed E-state index contributed by atoms with van der Waals surface area (Å²) in [6, 6.07) is 0. The minimum absolute atomic E-state index is 1.29. The topological polar surface area (TPSA) is 3.24 Å². The first-order chi connectivity index (χ1) is 14.7. The number of quaternary nitrogens is 1. The van der Waals surface area contributed by atoms with E-state index >= 15 is 0 Å². The maximum absolute atomic E-state index is 2.48. The summed E-state index contributed by atoms with van der Waals surface area (Å²) in [7, 11) is 4.74. The molecule has 1 fully saturated rings. The molecule has 0 aliphatic carbocycles. The van der Waals surface area contributed by atoms with Gasteiger partial charge in [0.2, 0.25) is 0 Å². The van der Waals surface area contributed by atoms with E-state index in [-0.39, 0.29) is 0 Å². The molecule has 0 aromatic carbocycles. The average molecular weight is 424 g/mol. The summed E-state index contributed by atoms with van der Waals surface area (Å²) in [4.78, 5) is 2.48. The van der Waals surface area contributed by atoms with Crippen LogP contribution in [0.15, 0.2) is 0 Å². The predicted octanol–water partition coefficient (Wildman–Crippen LogP) is 8.20. The summed E-state index contributed by atoms with van der Waals surface area (Å²) < 4.78 is 1.32. The molecule has 0 atom stereocenters. The van der Waals surface area contributed by atoms with E-state index in [1.165, 1.54) is 166 Å². The Labute approximate surface area is 191 Å². The van der Waals surface area contributed by atoms with Crippen LogP contribution in [0.25, 0.3) is 0 Å². The molecule has 0 spiro atoms. The highest BCUT2D eigenvalue weighted by Crippen LogP contribution is 2.16. The Morgan fingerprint density at radius 1 is 0.500 bits per heavy atom. The van der Waals surface area contributed by atoms with Crippen LogP contribution in [0.2, 0.25) is 0 Å². The molecular formula is C28H59N2+. The van der Waals surface area contributed by atoms with Gasteiger partial charge in [-0.05, 0) is 19.9 Å². The zero-order valence-electron chi connectivity index (χ0n) is 21.6. The second-order valence-electron chi connectivity index (χ2n) is 10.8. The van der Waals surface area contributed by atoms with E-state index in [1.807, 2.05) is 0 Å². The standard InChI is InChI=1S/C28H59N2/c1-4-5-6-7-8-9-10-11-12-13-14-15-16-17-18-19-20-21-22-23-26-30(3)27-24-29(2)25-28-30/h4-28H2,1-3H3/q+1. The summed E-state index contributed by atoms with van der Waals surface area (Å²) in [6.07, 6.45) is 29.5. The van der Waals surface area contributed by atoms with Gasteiger partial charge in [0, 0.05) is 13.1 Å². The predicted molar refractivity (Wildman–Crippen MR) is 136 cm³/mol. The molecule has 2 nitrogen and oxygen atoms in total.